The minimum absolute atomic E-state index is 0.0218. The van der Waals surface area contributed by atoms with E-state index in [9.17, 15) is 26.4 Å². The van der Waals surface area contributed by atoms with Crippen LogP contribution >= 0.6 is 0 Å². The van der Waals surface area contributed by atoms with Gasteiger partial charge in [0.25, 0.3) is 5.71 Å². The molecule has 1 amide bonds. The first-order valence-electron chi connectivity index (χ1n) is 9.86. The number of piperidine rings is 1. The molecule has 2 aromatic rings. The number of pyridine rings is 1. The van der Waals surface area contributed by atoms with Crippen molar-refractivity contribution in [2.75, 3.05) is 24.6 Å². The molecule has 0 N–H and O–H groups in total. The van der Waals surface area contributed by atoms with Crippen LogP contribution < -0.4 is 0 Å². The van der Waals surface area contributed by atoms with Crippen LogP contribution in [-0.2, 0) is 20.8 Å². The number of aryl methyl sites for hydroxylation is 1. The number of aromatic nitrogens is 2. The Bertz CT molecular complexity index is 1080. The van der Waals surface area contributed by atoms with Gasteiger partial charge in [0.1, 0.15) is 0 Å². The SMILES string of the molecule is Cc1noc2nc([C@H]3CCCN(C(=O)C[C@H]4CCS(=O)(=O)C4)C3)cc(C(F)(F)F)c12. The predicted molar refractivity (Wildman–Crippen MR) is 101 cm³/mol. The fraction of sp³-hybridized carbons (Fsp3) is 0.632. The molecule has 2 aliphatic heterocycles. The first kappa shape index (κ1) is 21.1. The molecule has 2 aromatic heterocycles. The molecule has 2 atom stereocenters. The van der Waals surface area contributed by atoms with Crippen LogP contribution in [0.5, 0.6) is 0 Å². The van der Waals surface area contributed by atoms with Crippen molar-refractivity contribution in [3.05, 3.63) is 23.0 Å². The van der Waals surface area contributed by atoms with Crippen molar-refractivity contribution >= 4 is 26.8 Å². The molecule has 164 valence electrons. The molecule has 0 aliphatic carbocycles. The van der Waals surface area contributed by atoms with Gasteiger partial charge < -0.3 is 9.42 Å². The maximum atomic E-state index is 13.6. The van der Waals surface area contributed by atoms with Gasteiger partial charge in [-0.25, -0.2) is 13.4 Å². The molecule has 30 heavy (non-hydrogen) atoms. The lowest BCUT2D eigenvalue weighted by atomic mass is 9.92. The van der Waals surface area contributed by atoms with Crippen LogP contribution in [0, 0.1) is 12.8 Å². The Morgan fingerprint density at radius 3 is 2.77 bits per heavy atom. The second-order valence-corrected chi connectivity index (χ2v) is 10.4. The number of carbonyl (C=O) groups excluding carboxylic acids is 1. The summed E-state index contributed by atoms with van der Waals surface area (Å²) in [5.41, 5.74) is -0.631. The van der Waals surface area contributed by atoms with E-state index >= 15 is 0 Å². The summed E-state index contributed by atoms with van der Waals surface area (Å²) in [6, 6.07) is 1.04. The number of nitrogens with zero attached hydrogens (tertiary/aromatic N) is 3. The predicted octanol–water partition coefficient (Wildman–Crippen LogP) is 3.08. The second kappa shape index (κ2) is 7.51. The summed E-state index contributed by atoms with van der Waals surface area (Å²) in [5.74, 6) is -0.575. The van der Waals surface area contributed by atoms with E-state index in [1.165, 1.54) is 6.92 Å². The first-order valence-corrected chi connectivity index (χ1v) is 11.7. The van der Waals surface area contributed by atoms with E-state index in [0.29, 0.717) is 25.8 Å². The molecule has 4 heterocycles. The molecule has 4 rings (SSSR count). The number of hydrogen-bond donors (Lipinski definition) is 0. The molecular weight excluding hydrogens is 423 g/mol. The van der Waals surface area contributed by atoms with Gasteiger partial charge in [-0.05, 0) is 38.2 Å². The summed E-state index contributed by atoms with van der Waals surface area (Å²) in [6.45, 7) is 2.19. The van der Waals surface area contributed by atoms with Crippen molar-refractivity contribution in [3.63, 3.8) is 0 Å². The van der Waals surface area contributed by atoms with Gasteiger partial charge in [-0.2, -0.15) is 13.2 Å². The molecule has 2 saturated heterocycles. The largest absolute Gasteiger partial charge is 0.417 e. The molecule has 2 aliphatic rings. The smallest absolute Gasteiger partial charge is 0.342 e. The number of halogens is 3. The third-order valence-corrected chi connectivity index (χ3v) is 7.76. The van der Waals surface area contributed by atoms with Gasteiger partial charge in [0, 0.05) is 25.4 Å². The molecule has 0 spiro atoms. The van der Waals surface area contributed by atoms with E-state index in [2.05, 4.69) is 10.1 Å². The quantitative estimate of drug-likeness (QED) is 0.721. The number of carbonyl (C=O) groups is 1. The average molecular weight is 445 g/mol. The van der Waals surface area contributed by atoms with Crippen LogP contribution in [0.15, 0.2) is 10.6 Å². The number of rotatable bonds is 3. The Hall–Kier alpha value is -2.17. The molecule has 0 radical (unpaired) electrons. The highest BCUT2D eigenvalue weighted by Crippen LogP contribution is 2.38. The molecule has 11 heteroatoms. The lowest BCUT2D eigenvalue weighted by Gasteiger charge is -2.33. The van der Waals surface area contributed by atoms with Crippen LogP contribution in [0.3, 0.4) is 0 Å². The summed E-state index contributed by atoms with van der Waals surface area (Å²) in [6.07, 6.45) is -2.72. The lowest BCUT2D eigenvalue weighted by Crippen LogP contribution is -2.40. The van der Waals surface area contributed by atoms with Crippen molar-refractivity contribution in [2.24, 2.45) is 5.92 Å². The summed E-state index contributed by atoms with van der Waals surface area (Å²) < 4.78 is 69.1. The summed E-state index contributed by atoms with van der Waals surface area (Å²) >= 11 is 0. The highest BCUT2D eigenvalue weighted by atomic mass is 32.2. The summed E-state index contributed by atoms with van der Waals surface area (Å²) in [7, 11) is -3.07. The Morgan fingerprint density at radius 1 is 1.33 bits per heavy atom. The van der Waals surface area contributed by atoms with Crippen LogP contribution in [0.1, 0.15) is 48.6 Å². The molecule has 0 saturated carbocycles. The van der Waals surface area contributed by atoms with Crippen molar-refractivity contribution in [2.45, 2.75) is 44.7 Å². The van der Waals surface area contributed by atoms with Gasteiger partial charge >= 0.3 is 6.18 Å². The third-order valence-electron chi connectivity index (χ3n) is 5.92. The Labute approximate surface area is 171 Å². The second-order valence-electron chi connectivity index (χ2n) is 8.19. The zero-order valence-electron chi connectivity index (χ0n) is 16.4. The standard InChI is InChI=1S/C19H22F3N3O4S/c1-11-17-14(19(20,21)22)8-15(23-18(17)29-24-11)13-3-2-5-25(9-13)16(26)7-12-4-6-30(27,28)10-12/h8,12-13H,2-7,9-10H2,1H3/t12-,13+/m1/s1. The average Bonchev–Trinajstić information content (AvgIpc) is 3.22. The molecule has 0 bridgehead atoms. The van der Waals surface area contributed by atoms with Gasteiger partial charge in [-0.3, -0.25) is 4.79 Å². The van der Waals surface area contributed by atoms with Gasteiger partial charge in [-0.1, -0.05) is 5.16 Å². The van der Waals surface area contributed by atoms with Crippen molar-refractivity contribution in [1.82, 2.24) is 15.0 Å². The van der Waals surface area contributed by atoms with E-state index in [4.69, 9.17) is 4.52 Å². The number of fused-ring (bicyclic) bond motifs is 1. The maximum Gasteiger partial charge on any atom is 0.417 e. The number of amides is 1. The molecule has 0 aromatic carbocycles. The van der Waals surface area contributed by atoms with E-state index < -0.39 is 21.6 Å². The number of alkyl halides is 3. The van der Waals surface area contributed by atoms with Crippen LogP contribution in [0.25, 0.3) is 11.1 Å². The van der Waals surface area contributed by atoms with Gasteiger partial charge in [0.15, 0.2) is 9.84 Å². The highest BCUT2D eigenvalue weighted by molar-refractivity contribution is 7.91. The number of likely N-dealkylation sites (tertiary alicyclic amines) is 1. The Morgan fingerprint density at radius 2 is 2.10 bits per heavy atom. The Balaban J connectivity index is 1.55. The minimum Gasteiger partial charge on any atom is -0.342 e. The van der Waals surface area contributed by atoms with Gasteiger partial charge in [-0.15, -0.1) is 0 Å². The maximum absolute atomic E-state index is 13.6. The van der Waals surface area contributed by atoms with Gasteiger partial charge in [0.05, 0.1) is 33.8 Å². The van der Waals surface area contributed by atoms with E-state index in [1.807, 2.05) is 0 Å². The van der Waals surface area contributed by atoms with Crippen LogP contribution in [-0.4, -0.2) is 54.0 Å². The van der Waals surface area contributed by atoms with Crippen molar-refractivity contribution in [3.8, 4) is 0 Å². The number of sulfone groups is 1. The summed E-state index contributed by atoms with van der Waals surface area (Å²) in [4.78, 5) is 18.6. The highest BCUT2D eigenvalue weighted by Gasteiger charge is 2.37. The fourth-order valence-corrected chi connectivity index (χ4v) is 6.26. The fourth-order valence-electron chi connectivity index (χ4n) is 4.40. The zero-order chi connectivity index (χ0) is 21.7. The monoisotopic (exact) mass is 445 g/mol. The first-order chi connectivity index (χ1) is 14.0. The molecule has 0 unspecified atom stereocenters. The van der Waals surface area contributed by atoms with Crippen molar-refractivity contribution < 1.29 is 30.9 Å². The number of hydrogen-bond acceptors (Lipinski definition) is 6. The topological polar surface area (TPSA) is 93.4 Å². The van der Waals surface area contributed by atoms with Crippen LogP contribution in [0.4, 0.5) is 13.2 Å². The van der Waals surface area contributed by atoms with Gasteiger partial charge in [0.2, 0.25) is 5.91 Å². The minimum atomic E-state index is -4.58. The molecule has 7 nitrogen and oxygen atoms in total. The lowest BCUT2D eigenvalue weighted by molar-refractivity contribution is -0.136. The Kier molecular flexibility index (Phi) is 5.27. The zero-order valence-corrected chi connectivity index (χ0v) is 17.2. The normalized spacial score (nSPS) is 24.5. The van der Waals surface area contributed by atoms with E-state index in [1.54, 1.807) is 4.90 Å². The van der Waals surface area contributed by atoms with E-state index in [-0.39, 0.29) is 64.7 Å². The third kappa shape index (κ3) is 4.17. The van der Waals surface area contributed by atoms with Crippen molar-refractivity contribution in [1.29, 1.82) is 0 Å². The summed E-state index contributed by atoms with van der Waals surface area (Å²) in [5, 5.41) is 3.48. The van der Waals surface area contributed by atoms with E-state index in [0.717, 1.165) is 6.07 Å². The van der Waals surface area contributed by atoms with Crippen LogP contribution in [0.2, 0.25) is 0 Å². The molecular formula is C19H22F3N3O4S. The molecule has 2 fully saturated rings.